The maximum Gasteiger partial charge on any atom is 0.151 e. The van der Waals surface area contributed by atoms with E-state index in [0.717, 1.165) is 11.8 Å². The minimum absolute atomic E-state index is 0.0258. The highest BCUT2D eigenvalue weighted by molar-refractivity contribution is 5.74. The van der Waals surface area contributed by atoms with Crippen molar-refractivity contribution in [2.24, 2.45) is 0 Å². The van der Waals surface area contributed by atoms with Gasteiger partial charge in [-0.05, 0) is 0 Å². The first-order valence-corrected chi connectivity index (χ1v) is 5.76. The van der Waals surface area contributed by atoms with E-state index in [1.165, 1.54) is 0 Å². The second-order valence-electron chi connectivity index (χ2n) is 3.89. The Morgan fingerprint density at radius 3 is 1.85 bits per heavy atom. The molecule has 0 radical (unpaired) electrons. The Kier molecular flexibility index (Phi) is 9.35. The topological polar surface area (TPSA) is 135 Å². The molecular formula is C13H18O7. The van der Waals surface area contributed by atoms with Gasteiger partial charge in [0.2, 0.25) is 0 Å². The smallest absolute Gasteiger partial charge is 0.151 e. The highest BCUT2D eigenvalue weighted by atomic mass is 16.4. The first-order valence-electron chi connectivity index (χ1n) is 5.76. The van der Waals surface area contributed by atoms with Gasteiger partial charge in [-0.25, -0.2) is 0 Å². The fraction of sp³-hybridized carbons (Fsp3) is 0.385. The van der Waals surface area contributed by atoms with Crippen LogP contribution < -0.4 is 0 Å². The maximum absolute atomic E-state index is 10.0. The van der Waals surface area contributed by atoms with Crippen molar-refractivity contribution in [1.82, 2.24) is 0 Å². The number of aliphatic hydroxyl groups is 5. The number of carbonyl (C=O) groups is 2. The van der Waals surface area contributed by atoms with Gasteiger partial charge in [-0.2, -0.15) is 0 Å². The summed E-state index contributed by atoms with van der Waals surface area (Å²) in [4.78, 5) is 19.9. The zero-order valence-corrected chi connectivity index (χ0v) is 10.6. The fourth-order valence-corrected chi connectivity index (χ4v) is 1.15. The van der Waals surface area contributed by atoms with Crippen LogP contribution in [-0.2, 0) is 4.79 Å². The van der Waals surface area contributed by atoms with Crippen molar-refractivity contribution in [2.75, 3.05) is 6.61 Å². The summed E-state index contributed by atoms with van der Waals surface area (Å²) in [5.41, 5.74) is 0.729. The lowest BCUT2D eigenvalue weighted by Gasteiger charge is -2.22. The zero-order valence-electron chi connectivity index (χ0n) is 10.6. The molecule has 0 spiro atoms. The van der Waals surface area contributed by atoms with Crippen LogP contribution in [0.4, 0.5) is 0 Å². The molecule has 0 saturated carbocycles. The van der Waals surface area contributed by atoms with Crippen molar-refractivity contribution in [1.29, 1.82) is 0 Å². The molecule has 1 aromatic carbocycles. The van der Waals surface area contributed by atoms with Crippen LogP contribution in [0, 0.1) is 0 Å². The molecule has 0 unspecified atom stereocenters. The molecule has 0 heterocycles. The highest BCUT2D eigenvalue weighted by Gasteiger charge is 2.29. The number of hydrogen-bond donors (Lipinski definition) is 5. The van der Waals surface area contributed by atoms with E-state index in [-0.39, 0.29) is 6.29 Å². The van der Waals surface area contributed by atoms with Gasteiger partial charge in [0.1, 0.15) is 30.7 Å². The van der Waals surface area contributed by atoms with Gasteiger partial charge >= 0.3 is 0 Å². The Bertz CT molecular complexity index is 382. The van der Waals surface area contributed by atoms with E-state index in [2.05, 4.69) is 0 Å². The molecule has 0 aromatic heterocycles. The average Bonchev–Trinajstić information content (AvgIpc) is 2.53. The van der Waals surface area contributed by atoms with E-state index < -0.39 is 31.0 Å². The van der Waals surface area contributed by atoms with Gasteiger partial charge in [-0.1, -0.05) is 30.3 Å². The number of rotatable bonds is 6. The molecule has 0 fully saturated rings. The minimum Gasteiger partial charge on any atom is -0.394 e. The SMILES string of the molecule is O=C[C@H](O)[C@@H](O)[C@H](O)[C@H](O)CO.O=Cc1ccccc1. The third-order valence-electron chi connectivity index (χ3n) is 2.36. The molecule has 0 aliphatic heterocycles. The third-order valence-corrected chi connectivity index (χ3v) is 2.36. The second-order valence-corrected chi connectivity index (χ2v) is 3.89. The highest BCUT2D eigenvalue weighted by Crippen LogP contribution is 2.02. The molecule has 112 valence electrons. The molecule has 0 aliphatic rings. The van der Waals surface area contributed by atoms with E-state index in [4.69, 9.17) is 25.5 Å². The lowest BCUT2D eigenvalue weighted by molar-refractivity contribution is -0.136. The lowest BCUT2D eigenvalue weighted by atomic mass is 10.0. The van der Waals surface area contributed by atoms with E-state index in [1.54, 1.807) is 12.1 Å². The van der Waals surface area contributed by atoms with Crippen LogP contribution in [0.2, 0.25) is 0 Å². The maximum atomic E-state index is 10.0. The van der Waals surface area contributed by atoms with Gasteiger partial charge in [0.05, 0.1) is 6.61 Å². The minimum atomic E-state index is -1.79. The summed E-state index contributed by atoms with van der Waals surface area (Å²) in [5, 5.41) is 43.5. The molecule has 20 heavy (non-hydrogen) atoms. The van der Waals surface area contributed by atoms with Crippen LogP contribution in [0.25, 0.3) is 0 Å². The summed E-state index contributed by atoms with van der Waals surface area (Å²) >= 11 is 0. The fourth-order valence-electron chi connectivity index (χ4n) is 1.15. The van der Waals surface area contributed by atoms with Crippen molar-refractivity contribution in [2.45, 2.75) is 24.4 Å². The Hall–Kier alpha value is -1.64. The second kappa shape index (κ2) is 10.2. The van der Waals surface area contributed by atoms with Gasteiger partial charge in [-0.3, -0.25) is 4.79 Å². The molecule has 4 atom stereocenters. The van der Waals surface area contributed by atoms with Crippen molar-refractivity contribution >= 4 is 12.6 Å². The van der Waals surface area contributed by atoms with Crippen LogP contribution in [0.3, 0.4) is 0 Å². The third kappa shape index (κ3) is 6.50. The van der Waals surface area contributed by atoms with Crippen LogP contribution in [0.1, 0.15) is 10.4 Å². The predicted molar refractivity (Wildman–Crippen MR) is 69.0 cm³/mol. The molecule has 5 N–H and O–H groups in total. The molecule has 0 amide bonds. The Morgan fingerprint density at radius 2 is 1.50 bits per heavy atom. The van der Waals surface area contributed by atoms with Gasteiger partial charge in [0, 0.05) is 5.56 Å². The van der Waals surface area contributed by atoms with Gasteiger partial charge in [0.25, 0.3) is 0 Å². The number of benzene rings is 1. The molecule has 1 aromatic rings. The summed E-state index contributed by atoms with van der Waals surface area (Å²) in [7, 11) is 0. The van der Waals surface area contributed by atoms with Gasteiger partial charge in [0.15, 0.2) is 6.29 Å². The van der Waals surface area contributed by atoms with Gasteiger partial charge in [-0.15, -0.1) is 0 Å². The quantitative estimate of drug-likeness (QED) is 0.386. The monoisotopic (exact) mass is 286 g/mol. The zero-order chi connectivity index (χ0) is 15.5. The van der Waals surface area contributed by atoms with Crippen LogP contribution in [0.5, 0.6) is 0 Å². The normalized spacial score (nSPS) is 16.1. The predicted octanol–water partition coefficient (Wildman–Crippen LogP) is -1.88. The van der Waals surface area contributed by atoms with E-state index >= 15 is 0 Å². The summed E-state index contributed by atoms with van der Waals surface area (Å²) in [5.74, 6) is 0. The number of carbonyl (C=O) groups excluding carboxylic acids is 2. The Morgan fingerprint density at radius 1 is 0.950 bits per heavy atom. The van der Waals surface area contributed by atoms with Crippen molar-refractivity contribution in [3.8, 4) is 0 Å². The summed E-state index contributed by atoms with van der Waals surface area (Å²) in [6.07, 6.45) is -6.01. The summed E-state index contributed by atoms with van der Waals surface area (Å²) < 4.78 is 0. The molecule has 0 aliphatic carbocycles. The first kappa shape index (κ1) is 18.4. The average molecular weight is 286 g/mol. The number of aliphatic hydroxyl groups excluding tert-OH is 5. The molecule has 0 bridgehead atoms. The number of aldehydes is 2. The summed E-state index contributed by atoms with van der Waals surface area (Å²) in [6.45, 7) is -0.760. The molecule has 7 heteroatoms. The largest absolute Gasteiger partial charge is 0.394 e. The van der Waals surface area contributed by atoms with Crippen LogP contribution in [0.15, 0.2) is 30.3 Å². The number of hydrogen-bond acceptors (Lipinski definition) is 7. The van der Waals surface area contributed by atoms with Crippen LogP contribution in [-0.4, -0.2) is 69.1 Å². The van der Waals surface area contributed by atoms with E-state index in [1.807, 2.05) is 18.2 Å². The Balaban J connectivity index is 0.000000388. The molecular weight excluding hydrogens is 268 g/mol. The standard InChI is InChI=1S/C7H6O.C6H12O6/c8-6-7-4-2-1-3-5-7;7-1-3(9)5(11)6(12)4(10)2-8/h1-6H;1,3-6,8-12H,2H2/t;3-,4+,5+,6+/m.0/s1. The van der Waals surface area contributed by atoms with Crippen molar-refractivity contribution in [3.05, 3.63) is 35.9 Å². The lowest BCUT2D eigenvalue weighted by Crippen LogP contribution is -2.46. The van der Waals surface area contributed by atoms with E-state index in [0.29, 0.717) is 0 Å². The van der Waals surface area contributed by atoms with E-state index in [9.17, 15) is 9.59 Å². The van der Waals surface area contributed by atoms with Crippen LogP contribution >= 0.6 is 0 Å². The molecule has 1 rings (SSSR count). The first-order chi connectivity index (χ1) is 9.47. The van der Waals surface area contributed by atoms with Crippen molar-refractivity contribution in [3.63, 3.8) is 0 Å². The summed E-state index contributed by atoms with van der Waals surface area (Å²) in [6, 6.07) is 9.10. The molecule has 0 saturated heterocycles. The van der Waals surface area contributed by atoms with Gasteiger partial charge < -0.3 is 30.3 Å². The van der Waals surface area contributed by atoms with Crippen molar-refractivity contribution < 1.29 is 35.1 Å². The Labute approximate surface area is 115 Å². The molecule has 7 nitrogen and oxygen atoms in total.